The SMILES string of the molecule is Cc1ccc(S(=O)(=O)CCC(=O)Nc2cccc(S(=O)(=O)N3CCNC(=O)C3)c2)cc1. The summed E-state index contributed by atoms with van der Waals surface area (Å²) in [6, 6.07) is 12.0. The van der Waals surface area contributed by atoms with Gasteiger partial charge in [-0.25, -0.2) is 16.8 Å². The molecule has 2 aromatic rings. The molecule has 0 aliphatic carbocycles. The van der Waals surface area contributed by atoms with E-state index in [-0.39, 0.29) is 53.2 Å². The third-order valence-corrected chi connectivity index (χ3v) is 8.31. The number of benzene rings is 2. The van der Waals surface area contributed by atoms with E-state index in [9.17, 15) is 26.4 Å². The maximum absolute atomic E-state index is 12.8. The Morgan fingerprint density at radius 3 is 2.45 bits per heavy atom. The standard InChI is InChI=1S/C20H23N3O6S2/c1-15-5-7-17(8-6-15)30(26,27)12-9-19(24)22-16-3-2-4-18(13-16)31(28,29)23-11-10-21-20(25)14-23/h2-8,13H,9-12,14H2,1H3,(H,21,25)(H,22,24). The molecule has 2 N–H and O–H groups in total. The smallest absolute Gasteiger partial charge is 0.243 e. The molecule has 0 spiro atoms. The van der Waals surface area contributed by atoms with Crippen LogP contribution in [0.2, 0.25) is 0 Å². The maximum Gasteiger partial charge on any atom is 0.243 e. The summed E-state index contributed by atoms with van der Waals surface area (Å²) in [6.45, 7) is 1.96. The highest BCUT2D eigenvalue weighted by molar-refractivity contribution is 7.91. The van der Waals surface area contributed by atoms with Crippen LogP contribution in [0.5, 0.6) is 0 Å². The minimum absolute atomic E-state index is 0.0627. The number of nitrogens with one attached hydrogen (secondary N) is 2. The first-order valence-electron chi connectivity index (χ1n) is 9.54. The number of hydrogen-bond donors (Lipinski definition) is 2. The van der Waals surface area contributed by atoms with Gasteiger partial charge in [0.1, 0.15) is 0 Å². The highest BCUT2D eigenvalue weighted by Gasteiger charge is 2.29. The largest absolute Gasteiger partial charge is 0.354 e. The van der Waals surface area contributed by atoms with Gasteiger partial charge in [-0.1, -0.05) is 23.8 Å². The molecule has 1 fully saturated rings. The van der Waals surface area contributed by atoms with Crippen molar-refractivity contribution >= 4 is 37.4 Å². The fourth-order valence-electron chi connectivity index (χ4n) is 3.02. The Bertz CT molecular complexity index is 1190. The summed E-state index contributed by atoms with van der Waals surface area (Å²) in [5.74, 6) is -1.31. The van der Waals surface area contributed by atoms with Gasteiger partial charge in [0.05, 0.1) is 22.1 Å². The van der Waals surface area contributed by atoms with Gasteiger partial charge < -0.3 is 10.6 Å². The van der Waals surface area contributed by atoms with Crippen molar-refractivity contribution in [1.29, 1.82) is 0 Å². The lowest BCUT2D eigenvalue weighted by Gasteiger charge is -2.26. The van der Waals surface area contributed by atoms with Crippen molar-refractivity contribution in [3.63, 3.8) is 0 Å². The monoisotopic (exact) mass is 465 g/mol. The zero-order chi connectivity index (χ0) is 22.6. The zero-order valence-corrected chi connectivity index (χ0v) is 18.5. The number of carbonyl (C=O) groups excluding carboxylic acids is 2. The van der Waals surface area contributed by atoms with Crippen LogP contribution < -0.4 is 10.6 Å². The molecule has 0 aromatic heterocycles. The number of amides is 2. The van der Waals surface area contributed by atoms with Crippen LogP contribution in [0.1, 0.15) is 12.0 Å². The predicted molar refractivity (Wildman–Crippen MR) is 115 cm³/mol. The van der Waals surface area contributed by atoms with Crippen LogP contribution in [0.4, 0.5) is 5.69 Å². The van der Waals surface area contributed by atoms with E-state index in [0.29, 0.717) is 0 Å². The molecule has 31 heavy (non-hydrogen) atoms. The van der Waals surface area contributed by atoms with Gasteiger partial charge in [0.2, 0.25) is 21.8 Å². The molecular weight excluding hydrogens is 442 g/mol. The third-order valence-electron chi connectivity index (χ3n) is 4.74. The number of carbonyl (C=O) groups is 2. The minimum Gasteiger partial charge on any atom is -0.354 e. The lowest BCUT2D eigenvalue weighted by molar-refractivity contribution is -0.122. The number of aryl methyl sites for hydroxylation is 1. The van der Waals surface area contributed by atoms with E-state index in [1.54, 1.807) is 12.1 Å². The third kappa shape index (κ3) is 5.69. The van der Waals surface area contributed by atoms with Crippen molar-refractivity contribution in [1.82, 2.24) is 9.62 Å². The molecule has 3 rings (SSSR count). The molecule has 9 nitrogen and oxygen atoms in total. The second-order valence-electron chi connectivity index (χ2n) is 7.15. The van der Waals surface area contributed by atoms with E-state index in [4.69, 9.17) is 0 Å². The molecular formula is C20H23N3O6S2. The van der Waals surface area contributed by atoms with Gasteiger partial charge >= 0.3 is 0 Å². The Morgan fingerprint density at radius 2 is 1.77 bits per heavy atom. The van der Waals surface area contributed by atoms with Gasteiger partial charge in [-0.05, 0) is 37.3 Å². The van der Waals surface area contributed by atoms with Gasteiger partial charge in [0.15, 0.2) is 9.84 Å². The highest BCUT2D eigenvalue weighted by Crippen LogP contribution is 2.21. The van der Waals surface area contributed by atoms with Crippen molar-refractivity contribution in [2.75, 3.05) is 30.7 Å². The Morgan fingerprint density at radius 1 is 1.06 bits per heavy atom. The summed E-state index contributed by atoms with van der Waals surface area (Å²) in [5.41, 5.74) is 1.15. The highest BCUT2D eigenvalue weighted by atomic mass is 32.2. The van der Waals surface area contributed by atoms with Gasteiger partial charge in [-0.3, -0.25) is 9.59 Å². The summed E-state index contributed by atoms with van der Waals surface area (Å²) < 4.78 is 51.4. The van der Waals surface area contributed by atoms with Crippen molar-refractivity contribution in [2.24, 2.45) is 0 Å². The summed E-state index contributed by atoms with van der Waals surface area (Å²) in [7, 11) is -7.52. The average molecular weight is 466 g/mol. The fraction of sp³-hybridized carbons (Fsp3) is 0.300. The molecule has 1 heterocycles. The van der Waals surface area contributed by atoms with Crippen LogP contribution in [0, 0.1) is 6.92 Å². The van der Waals surface area contributed by atoms with Crippen LogP contribution in [0.25, 0.3) is 0 Å². The van der Waals surface area contributed by atoms with E-state index in [2.05, 4.69) is 10.6 Å². The Kier molecular flexibility index (Phi) is 6.77. The molecule has 0 saturated carbocycles. The van der Waals surface area contributed by atoms with Gasteiger partial charge in [-0.15, -0.1) is 0 Å². The number of sulfonamides is 1. The Balaban J connectivity index is 1.66. The van der Waals surface area contributed by atoms with E-state index in [0.717, 1.165) is 9.87 Å². The lowest BCUT2D eigenvalue weighted by Crippen LogP contribution is -2.49. The number of nitrogens with zero attached hydrogens (tertiary/aromatic N) is 1. The number of hydrogen-bond acceptors (Lipinski definition) is 6. The first-order chi connectivity index (χ1) is 14.6. The van der Waals surface area contributed by atoms with E-state index in [1.165, 1.54) is 36.4 Å². The molecule has 2 aromatic carbocycles. The maximum atomic E-state index is 12.8. The van der Waals surface area contributed by atoms with Gasteiger partial charge in [0.25, 0.3) is 0 Å². The van der Waals surface area contributed by atoms with E-state index in [1.807, 2.05) is 6.92 Å². The number of sulfone groups is 1. The molecule has 0 unspecified atom stereocenters. The molecule has 2 amide bonds. The lowest BCUT2D eigenvalue weighted by atomic mass is 10.2. The molecule has 0 radical (unpaired) electrons. The van der Waals surface area contributed by atoms with Crippen LogP contribution in [-0.4, -0.2) is 58.3 Å². The summed E-state index contributed by atoms with van der Waals surface area (Å²) in [4.78, 5) is 23.9. The summed E-state index contributed by atoms with van der Waals surface area (Å²) in [6.07, 6.45) is -0.278. The van der Waals surface area contributed by atoms with Crippen molar-refractivity contribution in [2.45, 2.75) is 23.1 Å². The minimum atomic E-state index is -3.90. The van der Waals surface area contributed by atoms with E-state index < -0.39 is 25.8 Å². The molecule has 0 atom stereocenters. The van der Waals surface area contributed by atoms with Crippen molar-refractivity contribution in [3.05, 3.63) is 54.1 Å². The average Bonchev–Trinajstić information content (AvgIpc) is 2.73. The molecule has 0 bridgehead atoms. The number of anilines is 1. The molecule has 1 saturated heterocycles. The first-order valence-corrected chi connectivity index (χ1v) is 12.6. The van der Waals surface area contributed by atoms with Crippen molar-refractivity contribution in [3.8, 4) is 0 Å². The van der Waals surface area contributed by atoms with E-state index >= 15 is 0 Å². The topological polar surface area (TPSA) is 130 Å². The second-order valence-corrected chi connectivity index (χ2v) is 11.2. The number of rotatable bonds is 7. The van der Waals surface area contributed by atoms with Crippen LogP contribution in [0.3, 0.4) is 0 Å². The number of piperazine rings is 1. The van der Waals surface area contributed by atoms with Crippen LogP contribution >= 0.6 is 0 Å². The quantitative estimate of drug-likeness (QED) is 0.625. The second kappa shape index (κ2) is 9.16. The molecule has 166 valence electrons. The molecule has 1 aliphatic heterocycles. The Hall–Kier alpha value is -2.76. The fourth-order valence-corrected chi connectivity index (χ4v) is 5.70. The summed E-state index contributed by atoms with van der Waals surface area (Å²) >= 11 is 0. The van der Waals surface area contributed by atoms with Gasteiger partial charge in [-0.2, -0.15) is 4.31 Å². The first kappa shape index (κ1) is 22.9. The van der Waals surface area contributed by atoms with Crippen molar-refractivity contribution < 1.29 is 26.4 Å². The predicted octanol–water partition coefficient (Wildman–Crippen LogP) is 0.918. The Labute approximate surface area is 181 Å². The molecule has 11 heteroatoms. The van der Waals surface area contributed by atoms with Gasteiger partial charge in [0, 0.05) is 25.2 Å². The zero-order valence-electron chi connectivity index (χ0n) is 16.9. The normalized spacial score (nSPS) is 15.3. The van der Waals surface area contributed by atoms with Crippen LogP contribution in [0.15, 0.2) is 58.3 Å². The van der Waals surface area contributed by atoms with Crippen LogP contribution in [-0.2, 0) is 29.4 Å². The molecule has 1 aliphatic rings. The summed E-state index contributed by atoms with van der Waals surface area (Å²) in [5, 5.41) is 5.10.